The van der Waals surface area contributed by atoms with Crippen LogP contribution in [0.4, 0.5) is 14.7 Å². The van der Waals surface area contributed by atoms with E-state index < -0.39 is 42.4 Å². The number of aliphatic hydroxyl groups is 2. The summed E-state index contributed by atoms with van der Waals surface area (Å²) in [4.78, 5) is 21.9. The van der Waals surface area contributed by atoms with Gasteiger partial charge in [0, 0.05) is 0 Å². The molecule has 0 saturated heterocycles. The Labute approximate surface area is 139 Å². The molecule has 0 aliphatic heterocycles. The molecular formula is C14H15F2N5O4. The van der Waals surface area contributed by atoms with Crippen molar-refractivity contribution < 1.29 is 23.7 Å². The predicted octanol–water partition coefficient (Wildman–Crippen LogP) is -0.978. The molecule has 2 aromatic rings. The number of nitrogens with two attached hydrogens (primary N) is 1. The maximum absolute atomic E-state index is 14.5. The van der Waals surface area contributed by atoms with Gasteiger partial charge in [-0.2, -0.15) is 4.98 Å². The van der Waals surface area contributed by atoms with Crippen molar-refractivity contribution in [3.8, 4) is 12.3 Å². The van der Waals surface area contributed by atoms with E-state index >= 15 is 0 Å². The highest BCUT2D eigenvalue weighted by molar-refractivity contribution is 5.70. The zero-order valence-electron chi connectivity index (χ0n) is 12.8. The van der Waals surface area contributed by atoms with E-state index in [0.29, 0.717) is 0 Å². The van der Waals surface area contributed by atoms with Gasteiger partial charge in [0.2, 0.25) is 5.95 Å². The van der Waals surface area contributed by atoms with Crippen LogP contribution in [-0.4, -0.2) is 60.6 Å². The summed E-state index contributed by atoms with van der Waals surface area (Å²) >= 11 is 0. The van der Waals surface area contributed by atoms with Gasteiger partial charge in [-0.25, -0.2) is 13.8 Å². The molecule has 1 fully saturated rings. The Morgan fingerprint density at radius 1 is 1.68 bits per heavy atom. The minimum atomic E-state index is -3.06. The van der Waals surface area contributed by atoms with Crippen LogP contribution in [0.2, 0.25) is 0 Å². The van der Waals surface area contributed by atoms with Gasteiger partial charge in [0.15, 0.2) is 23.4 Å². The average Bonchev–Trinajstić information content (AvgIpc) is 3.20. The molecule has 5 atom stereocenters. The number of nitrogen functional groups attached to an aromatic ring is 1. The van der Waals surface area contributed by atoms with E-state index in [1.165, 1.54) is 10.9 Å². The third-order valence-electron chi connectivity index (χ3n) is 3.95. The molecular weight excluding hydrogens is 340 g/mol. The van der Waals surface area contributed by atoms with Crippen LogP contribution in [0.1, 0.15) is 12.5 Å². The second-order valence-corrected chi connectivity index (χ2v) is 5.69. The number of nitrogens with one attached hydrogen (secondary N) is 1. The van der Waals surface area contributed by atoms with Crippen LogP contribution in [0.25, 0.3) is 11.2 Å². The second-order valence-electron chi connectivity index (χ2n) is 5.69. The third-order valence-corrected chi connectivity index (χ3v) is 3.95. The normalized spacial score (nSPS) is 24.4. The van der Waals surface area contributed by atoms with Crippen molar-refractivity contribution >= 4 is 17.1 Å². The summed E-state index contributed by atoms with van der Waals surface area (Å²) in [6, 6.07) is -0.475. The lowest BCUT2D eigenvalue weighted by Crippen LogP contribution is -2.49. The van der Waals surface area contributed by atoms with Crippen LogP contribution in [0, 0.1) is 12.3 Å². The fourth-order valence-corrected chi connectivity index (χ4v) is 2.53. The smallest absolute Gasteiger partial charge is 0.280 e. The summed E-state index contributed by atoms with van der Waals surface area (Å²) in [5, 5.41) is 18.8. The van der Waals surface area contributed by atoms with Crippen molar-refractivity contribution in [1.82, 2.24) is 19.5 Å². The van der Waals surface area contributed by atoms with E-state index in [1.807, 2.05) is 0 Å². The van der Waals surface area contributed by atoms with Crippen molar-refractivity contribution in [2.75, 3.05) is 12.3 Å². The lowest BCUT2D eigenvalue weighted by Gasteiger charge is -2.29. The number of terminal acetylenes is 1. The van der Waals surface area contributed by atoms with Gasteiger partial charge in [0.05, 0.1) is 18.5 Å². The number of fused-ring (bicyclic) bond motifs is 1. The van der Waals surface area contributed by atoms with Gasteiger partial charge in [-0.3, -0.25) is 9.78 Å². The molecule has 1 aliphatic carbocycles. The summed E-state index contributed by atoms with van der Waals surface area (Å²) in [6.45, 7) is -1.28. The van der Waals surface area contributed by atoms with Gasteiger partial charge >= 0.3 is 0 Å². The molecule has 5 N–H and O–H groups in total. The number of aromatic nitrogens is 4. The molecule has 2 aromatic heterocycles. The molecule has 11 heteroatoms. The Bertz CT molecular complexity index is 893. The number of ether oxygens (including phenoxy) is 1. The van der Waals surface area contributed by atoms with E-state index in [0.717, 1.165) is 0 Å². The van der Waals surface area contributed by atoms with Crippen molar-refractivity contribution in [2.45, 2.75) is 36.7 Å². The van der Waals surface area contributed by atoms with E-state index in [1.54, 1.807) is 5.92 Å². The molecule has 134 valence electrons. The van der Waals surface area contributed by atoms with Gasteiger partial charge in [0.1, 0.15) is 6.61 Å². The standard InChI is InChI=1S/C14H15F2N5O4/c1-2-6(15)10(23)14(16,4-22)25-8-3-7(8)21-5-18-9-11(21)19-13(17)20-12(9)24/h1,5-8,10,22-23H,3-4H2,(H3,17,19,20,24)/t6?,7?,8-,10+,14?/m1/s1. The Balaban J connectivity index is 1.81. The fraction of sp³-hybridized carbons (Fsp3) is 0.500. The number of imidazole rings is 1. The van der Waals surface area contributed by atoms with E-state index in [2.05, 4.69) is 15.0 Å². The summed E-state index contributed by atoms with van der Waals surface area (Å²) in [5.41, 5.74) is 5.19. The molecule has 1 saturated carbocycles. The lowest BCUT2D eigenvalue weighted by atomic mass is 10.1. The van der Waals surface area contributed by atoms with E-state index in [9.17, 15) is 18.7 Å². The summed E-state index contributed by atoms with van der Waals surface area (Å²) in [6.07, 6.45) is 0.895. The van der Waals surface area contributed by atoms with E-state index in [4.69, 9.17) is 22.0 Å². The van der Waals surface area contributed by atoms with Crippen LogP contribution < -0.4 is 11.3 Å². The highest BCUT2D eigenvalue weighted by atomic mass is 19.2. The summed E-state index contributed by atoms with van der Waals surface area (Å²) in [5.74, 6) is -1.63. The number of rotatable bonds is 6. The average molecular weight is 355 g/mol. The third kappa shape index (κ3) is 2.95. The molecule has 3 unspecified atom stereocenters. The van der Waals surface area contributed by atoms with Crippen molar-refractivity contribution in [2.24, 2.45) is 0 Å². The number of H-pyrrole nitrogens is 1. The number of alkyl halides is 2. The first kappa shape index (κ1) is 17.3. The molecule has 25 heavy (non-hydrogen) atoms. The highest BCUT2D eigenvalue weighted by Gasteiger charge is 2.52. The number of nitrogens with zero attached hydrogens (tertiary/aromatic N) is 3. The van der Waals surface area contributed by atoms with Crippen molar-refractivity contribution in [3.63, 3.8) is 0 Å². The quantitative estimate of drug-likeness (QED) is 0.489. The van der Waals surface area contributed by atoms with Gasteiger partial charge < -0.3 is 25.3 Å². The van der Waals surface area contributed by atoms with Crippen LogP contribution in [0.5, 0.6) is 0 Å². The number of anilines is 1. The summed E-state index contributed by atoms with van der Waals surface area (Å²) < 4.78 is 34.4. The second kappa shape index (κ2) is 6.07. The molecule has 0 spiro atoms. The van der Waals surface area contributed by atoms with Crippen molar-refractivity contribution in [1.29, 1.82) is 0 Å². The monoisotopic (exact) mass is 355 g/mol. The first-order chi connectivity index (χ1) is 11.8. The predicted molar refractivity (Wildman–Crippen MR) is 81.7 cm³/mol. The van der Waals surface area contributed by atoms with Crippen LogP contribution >= 0.6 is 0 Å². The molecule has 0 radical (unpaired) electrons. The van der Waals surface area contributed by atoms with E-state index in [-0.39, 0.29) is 23.5 Å². The Morgan fingerprint density at radius 2 is 2.40 bits per heavy atom. The maximum Gasteiger partial charge on any atom is 0.280 e. The number of halogens is 2. The first-order valence-corrected chi connectivity index (χ1v) is 7.29. The van der Waals surface area contributed by atoms with Gasteiger partial charge in [-0.15, -0.1) is 6.42 Å². The Morgan fingerprint density at radius 3 is 3.04 bits per heavy atom. The lowest BCUT2D eigenvalue weighted by molar-refractivity contribution is -0.242. The minimum Gasteiger partial charge on any atom is -0.390 e. The summed E-state index contributed by atoms with van der Waals surface area (Å²) in [7, 11) is 0. The van der Waals surface area contributed by atoms with Crippen LogP contribution in [-0.2, 0) is 4.74 Å². The van der Waals surface area contributed by atoms with Crippen molar-refractivity contribution in [3.05, 3.63) is 16.7 Å². The molecule has 9 nitrogen and oxygen atoms in total. The minimum absolute atomic E-state index is 0.0460. The molecule has 2 heterocycles. The maximum atomic E-state index is 14.5. The molecule has 1 aliphatic rings. The van der Waals surface area contributed by atoms with Crippen LogP contribution in [0.15, 0.2) is 11.1 Å². The van der Waals surface area contributed by atoms with Gasteiger partial charge in [0.25, 0.3) is 11.4 Å². The van der Waals surface area contributed by atoms with Gasteiger partial charge in [-0.05, 0) is 6.42 Å². The fourth-order valence-electron chi connectivity index (χ4n) is 2.53. The highest BCUT2D eigenvalue weighted by Crippen LogP contribution is 2.43. The molecule has 0 amide bonds. The number of aliphatic hydroxyl groups excluding tert-OH is 2. The van der Waals surface area contributed by atoms with Gasteiger partial charge in [-0.1, -0.05) is 5.92 Å². The SMILES string of the molecule is C#CC(F)[C@H](O)C(F)(CO)O[C@@H]1CC1n1cnc2c(=O)[nH]c(N)nc21. The number of hydrogen-bond donors (Lipinski definition) is 4. The number of hydrogen-bond acceptors (Lipinski definition) is 7. The topological polar surface area (TPSA) is 139 Å². The molecule has 0 aromatic carbocycles. The van der Waals surface area contributed by atoms with Crippen LogP contribution in [0.3, 0.4) is 0 Å². The first-order valence-electron chi connectivity index (χ1n) is 7.29. The zero-order chi connectivity index (χ0) is 18.4. The Kier molecular flexibility index (Phi) is 4.19. The molecule has 3 rings (SSSR count). The largest absolute Gasteiger partial charge is 0.390 e. The molecule has 0 bridgehead atoms. The Hall–Kier alpha value is -2.55. The number of aromatic amines is 1. The zero-order valence-corrected chi connectivity index (χ0v) is 12.8.